The van der Waals surface area contributed by atoms with Crippen molar-refractivity contribution in [3.63, 3.8) is 0 Å². The van der Waals surface area contributed by atoms with Gasteiger partial charge in [0.15, 0.2) is 9.84 Å². The first-order valence-corrected chi connectivity index (χ1v) is 18.8. The number of halogens is 2. The molecule has 3 aromatic rings. The molecule has 12 heteroatoms. The van der Waals surface area contributed by atoms with Gasteiger partial charge in [-0.1, -0.05) is 57.9 Å². The Bertz CT molecular complexity index is 1640. The largest absolute Gasteiger partial charge is 0.458 e. The van der Waals surface area contributed by atoms with Gasteiger partial charge in [-0.05, 0) is 79.5 Å². The number of nitrogens with one attached hydrogen (secondary N) is 2. The third kappa shape index (κ3) is 10.6. The fourth-order valence-electron chi connectivity index (χ4n) is 6.15. The summed E-state index contributed by atoms with van der Waals surface area (Å²) in [4.78, 5) is 31.1. The molecule has 3 atom stereocenters. The van der Waals surface area contributed by atoms with E-state index in [1.54, 1.807) is 0 Å². The molecule has 0 radical (unpaired) electrons. The molecule has 1 saturated carbocycles. The standard InChI is InChI=1S/C37H48F2N4O5S/c1-4-8-31(9-5-2)49(46,47)24-33(43-35(44)27-12-16-41-17-13-27)36(45)48-34(32(40)21-26-19-29(38)22-30(39)20-26)23-42-37(14-15-37)28-11-7-10-25(6-3)18-28/h7,10-13,16-20,22,31-34,42H,4-6,8-9,14-15,21,23-24,40H2,1-3H3,(H,43,44)/t32-,33-,34+/m0/s1. The number of ether oxygens (including phenoxy) is 1. The van der Waals surface area contributed by atoms with Crippen molar-refractivity contribution in [1.29, 1.82) is 0 Å². The Morgan fingerprint density at radius 2 is 1.61 bits per heavy atom. The van der Waals surface area contributed by atoms with Crippen LogP contribution >= 0.6 is 0 Å². The molecule has 0 spiro atoms. The Morgan fingerprint density at radius 1 is 0.959 bits per heavy atom. The highest BCUT2D eigenvalue weighted by Gasteiger charge is 2.45. The van der Waals surface area contributed by atoms with E-state index in [1.807, 2.05) is 26.0 Å². The Morgan fingerprint density at radius 3 is 2.20 bits per heavy atom. The second-order valence-corrected chi connectivity index (χ2v) is 15.3. The van der Waals surface area contributed by atoms with Crippen molar-refractivity contribution in [2.45, 2.75) is 101 Å². The number of rotatable bonds is 19. The van der Waals surface area contributed by atoms with E-state index in [-0.39, 0.29) is 29.6 Å². The van der Waals surface area contributed by atoms with Crippen LogP contribution in [0.1, 0.15) is 86.3 Å². The molecule has 0 saturated heterocycles. The molecule has 4 N–H and O–H groups in total. The van der Waals surface area contributed by atoms with Crippen LogP contribution in [0.5, 0.6) is 0 Å². The fourth-order valence-corrected chi connectivity index (χ4v) is 8.30. The predicted molar refractivity (Wildman–Crippen MR) is 186 cm³/mol. The van der Waals surface area contributed by atoms with Crippen LogP contribution in [0.3, 0.4) is 0 Å². The number of esters is 1. The van der Waals surface area contributed by atoms with Crippen LogP contribution in [0.2, 0.25) is 0 Å². The number of aryl methyl sites for hydroxylation is 1. The maximum atomic E-state index is 14.1. The number of carbonyl (C=O) groups is 2. The minimum absolute atomic E-state index is 0.0337. The lowest BCUT2D eigenvalue weighted by Crippen LogP contribution is -2.53. The summed E-state index contributed by atoms with van der Waals surface area (Å²) in [7, 11) is -3.86. The molecule has 4 rings (SSSR count). The topological polar surface area (TPSA) is 140 Å². The smallest absolute Gasteiger partial charge is 0.330 e. The van der Waals surface area contributed by atoms with Gasteiger partial charge in [0.25, 0.3) is 5.91 Å². The Hall–Kier alpha value is -3.74. The van der Waals surface area contributed by atoms with Gasteiger partial charge in [-0.2, -0.15) is 0 Å². The molecule has 0 bridgehead atoms. The molecular formula is C37H48F2N4O5S. The van der Waals surface area contributed by atoms with E-state index in [9.17, 15) is 26.8 Å². The molecule has 2 aromatic carbocycles. The molecule has 266 valence electrons. The maximum absolute atomic E-state index is 14.1. The number of nitrogens with zero attached hydrogens (tertiary/aromatic N) is 1. The first kappa shape index (κ1) is 38.1. The van der Waals surface area contributed by atoms with Gasteiger partial charge < -0.3 is 21.1 Å². The van der Waals surface area contributed by atoms with Gasteiger partial charge in [-0.15, -0.1) is 0 Å². The first-order valence-electron chi connectivity index (χ1n) is 17.1. The normalized spacial score (nSPS) is 15.7. The van der Waals surface area contributed by atoms with Crippen molar-refractivity contribution < 1.29 is 31.5 Å². The number of hydrogen-bond acceptors (Lipinski definition) is 8. The fraction of sp³-hybridized carbons (Fsp3) is 0.486. The van der Waals surface area contributed by atoms with Gasteiger partial charge in [0, 0.05) is 42.1 Å². The zero-order valence-corrected chi connectivity index (χ0v) is 29.3. The average Bonchev–Trinajstić information content (AvgIpc) is 3.87. The minimum atomic E-state index is -3.86. The highest BCUT2D eigenvalue weighted by Crippen LogP contribution is 2.45. The summed E-state index contributed by atoms with van der Waals surface area (Å²) in [6.07, 6.45) is 6.39. The van der Waals surface area contributed by atoms with Crippen molar-refractivity contribution in [3.8, 4) is 0 Å². The zero-order valence-electron chi connectivity index (χ0n) is 28.5. The molecule has 49 heavy (non-hydrogen) atoms. The number of sulfone groups is 1. The summed E-state index contributed by atoms with van der Waals surface area (Å²) in [5.41, 5.74) is 8.97. The second-order valence-electron chi connectivity index (χ2n) is 12.9. The molecule has 0 unspecified atom stereocenters. The quantitative estimate of drug-likeness (QED) is 0.146. The average molecular weight is 699 g/mol. The van der Waals surface area contributed by atoms with E-state index in [4.69, 9.17) is 10.5 Å². The van der Waals surface area contributed by atoms with E-state index >= 15 is 0 Å². The zero-order chi connectivity index (χ0) is 35.6. The second kappa shape index (κ2) is 17.3. The molecule has 1 aliphatic rings. The molecule has 1 heterocycles. The van der Waals surface area contributed by atoms with E-state index in [1.165, 1.54) is 42.2 Å². The number of aromatic nitrogens is 1. The maximum Gasteiger partial charge on any atom is 0.330 e. The van der Waals surface area contributed by atoms with Crippen LogP contribution in [-0.4, -0.2) is 61.0 Å². The lowest BCUT2D eigenvalue weighted by molar-refractivity contribution is -0.151. The van der Waals surface area contributed by atoms with E-state index in [0.717, 1.165) is 30.9 Å². The molecule has 1 aromatic heterocycles. The van der Waals surface area contributed by atoms with Crippen LogP contribution < -0.4 is 16.4 Å². The third-order valence-electron chi connectivity index (χ3n) is 9.08. The summed E-state index contributed by atoms with van der Waals surface area (Å²) in [6, 6.07) is 11.7. The van der Waals surface area contributed by atoms with Gasteiger partial charge >= 0.3 is 5.97 Å². The highest BCUT2D eigenvalue weighted by atomic mass is 32.2. The minimum Gasteiger partial charge on any atom is -0.458 e. The monoisotopic (exact) mass is 698 g/mol. The number of hydrogen-bond donors (Lipinski definition) is 3. The number of nitrogens with two attached hydrogens (primary N) is 1. The van der Waals surface area contributed by atoms with Crippen LogP contribution in [0.15, 0.2) is 67.0 Å². The van der Waals surface area contributed by atoms with Gasteiger partial charge in [0.1, 0.15) is 23.8 Å². The molecular weight excluding hydrogens is 650 g/mol. The Balaban J connectivity index is 1.62. The molecule has 9 nitrogen and oxygen atoms in total. The van der Waals surface area contributed by atoms with Crippen LogP contribution in [-0.2, 0) is 37.7 Å². The van der Waals surface area contributed by atoms with Crippen molar-refractivity contribution >= 4 is 21.7 Å². The Kier molecular flexibility index (Phi) is 13.4. The molecule has 1 fully saturated rings. The van der Waals surface area contributed by atoms with Crippen LogP contribution in [0.4, 0.5) is 8.78 Å². The molecule has 0 aliphatic heterocycles. The van der Waals surface area contributed by atoms with Gasteiger partial charge in [-0.25, -0.2) is 22.0 Å². The van der Waals surface area contributed by atoms with Crippen LogP contribution in [0, 0.1) is 11.6 Å². The van der Waals surface area contributed by atoms with Crippen LogP contribution in [0.25, 0.3) is 0 Å². The molecule has 1 amide bonds. The first-order chi connectivity index (χ1) is 23.4. The lowest BCUT2D eigenvalue weighted by atomic mass is 9.98. The summed E-state index contributed by atoms with van der Waals surface area (Å²) in [5.74, 6) is -3.82. The van der Waals surface area contributed by atoms with E-state index in [0.29, 0.717) is 25.7 Å². The van der Waals surface area contributed by atoms with Gasteiger partial charge in [-0.3, -0.25) is 9.78 Å². The molecule has 1 aliphatic carbocycles. The van der Waals surface area contributed by atoms with E-state index < -0.39 is 62.5 Å². The SMILES string of the molecule is CCCC(CCC)S(=O)(=O)C[C@H](NC(=O)c1ccncc1)C(=O)O[C@H](CNC1(c2cccc(CC)c2)CC1)[C@@H](N)Cc1cc(F)cc(F)c1. The highest BCUT2D eigenvalue weighted by molar-refractivity contribution is 7.92. The van der Waals surface area contributed by atoms with Crippen molar-refractivity contribution in [2.75, 3.05) is 12.3 Å². The number of amides is 1. The number of carbonyl (C=O) groups excluding carboxylic acids is 2. The van der Waals surface area contributed by atoms with Crippen molar-refractivity contribution in [1.82, 2.24) is 15.6 Å². The summed E-state index contributed by atoms with van der Waals surface area (Å²) >= 11 is 0. The third-order valence-corrected chi connectivity index (χ3v) is 11.4. The van der Waals surface area contributed by atoms with E-state index in [2.05, 4.69) is 34.7 Å². The Labute approximate surface area is 288 Å². The summed E-state index contributed by atoms with van der Waals surface area (Å²) in [6.45, 7) is 5.94. The summed E-state index contributed by atoms with van der Waals surface area (Å²) in [5, 5.41) is 5.41. The van der Waals surface area contributed by atoms with Crippen molar-refractivity contribution in [3.05, 3.63) is 101 Å². The number of pyridine rings is 1. The summed E-state index contributed by atoms with van der Waals surface area (Å²) < 4.78 is 61.5. The van der Waals surface area contributed by atoms with Gasteiger partial charge in [0.05, 0.1) is 11.0 Å². The van der Waals surface area contributed by atoms with Gasteiger partial charge in [0.2, 0.25) is 0 Å². The lowest BCUT2D eigenvalue weighted by Gasteiger charge is -2.30. The number of benzene rings is 2. The van der Waals surface area contributed by atoms with Crippen molar-refractivity contribution in [2.24, 2.45) is 5.73 Å². The predicted octanol–water partition coefficient (Wildman–Crippen LogP) is 5.16.